The van der Waals surface area contributed by atoms with Gasteiger partial charge < -0.3 is 9.80 Å². The van der Waals surface area contributed by atoms with Crippen LogP contribution in [-0.4, -0.2) is 46.2 Å². The van der Waals surface area contributed by atoms with Gasteiger partial charge in [0.2, 0.25) is 5.91 Å². The molecule has 6 heteroatoms. The highest BCUT2D eigenvalue weighted by atomic mass is 16.2. The molecule has 1 amide bonds. The maximum Gasteiger partial charge on any atom is 0.223 e. The van der Waals surface area contributed by atoms with E-state index in [1.165, 1.54) is 5.56 Å². The van der Waals surface area contributed by atoms with Crippen LogP contribution < -0.4 is 4.90 Å². The summed E-state index contributed by atoms with van der Waals surface area (Å²) in [7, 11) is 5.91. The number of rotatable bonds is 5. The normalized spacial score (nSPS) is 17.1. The predicted octanol–water partition coefficient (Wildman–Crippen LogP) is 2.49. The van der Waals surface area contributed by atoms with E-state index in [1.807, 2.05) is 61.0 Å². The van der Waals surface area contributed by atoms with Crippen LogP contribution in [0.15, 0.2) is 24.5 Å². The van der Waals surface area contributed by atoms with E-state index in [4.69, 9.17) is 0 Å². The first-order valence-electron chi connectivity index (χ1n) is 8.87. The first kappa shape index (κ1) is 17.5. The Hall–Kier alpha value is -2.37. The van der Waals surface area contributed by atoms with Crippen LogP contribution in [-0.2, 0) is 18.3 Å². The second-order valence-corrected chi connectivity index (χ2v) is 6.97. The van der Waals surface area contributed by atoms with Crippen molar-refractivity contribution in [1.29, 1.82) is 0 Å². The van der Waals surface area contributed by atoms with E-state index in [0.29, 0.717) is 6.42 Å². The molecule has 6 nitrogen and oxygen atoms in total. The molecule has 3 heterocycles. The van der Waals surface area contributed by atoms with Gasteiger partial charge in [-0.25, -0.2) is 4.98 Å². The molecule has 3 rings (SSSR count). The number of carbonyl (C=O) groups excluding carboxylic acids is 1. The molecule has 0 radical (unpaired) electrons. The van der Waals surface area contributed by atoms with E-state index in [9.17, 15) is 4.79 Å². The average molecular weight is 341 g/mol. The Labute approximate surface area is 149 Å². The number of aromatic nitrogens is 3. The van der Waals surface area contributed by atoms with Crippen molar-refractivity contribution < 1.29 is 4.79 Å². The van der Waals surface area contributed by atoms with Gasteiger partial charge in [0.1, 0.15) is 5.82 Å². The van der Waals surface area contributed by atoms with Gasteiger partial charge in [0.05, 0.1) is 12.2 Å². The molecule has 0 saturated carbocycles. The Bertz CT molecular complexity index is 752. The average Bonchev–Trinajstić information content (AvgIpc) is 3.21. The van der Waals surface area contributed by atoms with Crippen molar-refractivity contribution in [2.45, 2.75) is 38.6 Å². The number of carbonyl (C=O) groups is 1. The van der Waals surface area contributed by atoms with Crippen LogP contribution in [0.25, 0.3) is 0 Å². The van der Waals surface area contributed by atoms with Gasteiger partial charge in [-0.2, -0.15) is 5.10 Å². The number of likely N-dealkylation sites (tertiary alicyclic amines) is 1. The zero-order chi connectivity index (χ0) is 18.0. The molecule has 134 valence electrons. The number of pyridine rings is 1. The molecule has 0 aliphatic carbocycles. The second kappa shape index (κ2) is 7.25. The molecule has 0 aromatic carbocycles. The van der Waals surface area contributed by atoms with Crippen LogP contribution in [0.2, 0.25) is 0 Å². The summed E-state index contributed by atoms with van der Waals surface area (Å²) < 4.78 is 1.86. The van der Waals surface area contributed by atoms with Crippen LogP contribution in [0, 0.1) is 6.92 Å². The number of amides is 1. The Morgan fingerprint density at radius 1 is 1.40 bits per heavy atom. The molecule has 0 unspecified atom stereocenters. The summed E-state index contributed by atoms with van der Waals surface area (Å²) in [5.41, 5.74) is 3.48. The van der Waals surface area contributed by atoms with E-state index in [2.05, 4.69) is 16.1 Å². The van der Waals surface area contributed by atoms with Gasteiger partial charge in [0, 0.05) is 46.0 Å². The summed E-state index contributed by atoms with van der Waals surface area (Å²) in [6.07, 6.45) is 7.08. The molecule has 1 aliphatic rings. The smallest absolute Gasteiger partial charge is 0.223 e. The van der Waals surface area contributed by atoms with E-state index in [1.54, 1.807) is 0 Å². The van der Waals surface area contributed by atoms with Gasteiger partial charge in [0.15, 0.2) is 0 Å². The molecule has 1 atom stereocenters. The molecule has 25 heavy (non-hydrogen) atoms. The third kappa shape index (κ3) is 3.67. The number of aryl methyl sites for hydroxylation is 2. The first-order chi connectivity index (χ1) is 12.0. The lowest BCUT2D eigenvalue weighted by Gasteiger charge is -2.26. The second-order valence-electron chi connectivity index (χ2n) is 6.97. The fourth-order valence-corrected chi connectivity index (χ4v) is 3.47. The third-order valence-corrected chi connectivity index (χ3v) is 5.13. The number of nitrogens with zero attached hydrogens (tertiary/aromatic N) is 5. The minimum Gasteiger partial charge on any atom is -0.363 e. The van der Waals surface area contributed by atoms with E-state index in [0.717, 1.165) is 42.9 Å². The van der Waals surface area contributed by atoms with E-state index < -0.39 is 0 Å². The summed E-state index contributed by atoms with van der Waals surface area (Å²) in [5, 5.41) is 4.26. The van der Waals surface area contributed by atoms with Crippen LogP contribution in [0.4, 0.5) is 5.82 Å². The molecule has 2 aromatic rings. The van der Waals surface area contributed by atoms with Crippen LogP contribution in [0.1, 0.15) is 42.1 Å². The van der Waals surface area contributed by atoms with Gasteiger partial charge in [-0.15, -0.1) is 0 Å². The highest BCUT2D eigenvalue weighted by Crippen LogP contribution is 2.33. The SMILES string of the molecule is Cc1c(CCC(=O)N2CCC[C@@H]2c2ccnc(N(C)C)c2)cnn1C. The van der Waals surface area contributed by atoms with Gasteiger partial charge in [-0.3, -0.25) is 9.48 Å². The van der Waals surface area contributed by atoms with E-state index in [-0.39, 0.29) is 11.9 Å². The van der Waals surface area contributed by atoms with Gasteiger partial charge in [-0.1, -0.05) is 0 Å². The largest absolute Gasteiger partial charge is 0.363 e. The molecule has 0 bridgehead atoms. The lowest BCUT2D eigenvalue weighted by molar-refractivity contribution is -0.132. The molecule has 1 saturated heterocycles. The predicted molar refractivity (Wildman–Crippen MR) is 98.5 cm³/mol. The first-order valence-corrected chi connectivity index (χ1v) is 8.87. The summed E-state index contributed by atoms with van der Waals surface area (Å²) >= 11 is 0. The standard InChI is InChI=1S/C19H27N5O/c1-14-16(13-21-23(14)4)7-8-19(25)24-11-5-6-17(24)15-9-10-20-18(12-15)22(2)3/h9-10,12-13,17H,5-8,11H2,1-4H3/t17-/m1/s1. The number of anilines is 1. The Morgan fingerprint density at radius 3 is 2.88 bits per heavy atom. The summed E-state index contributed by atoms with van der Waals surface area (Å²) in [5.74, 6) is 1.16. The third-order valence-electron chi connectivity index (χ3n) is 5.13. The molecule has 1 aliphatic heterocycles. The highest BCUT2D eigenvalue weighted by molar-refractivity contribution is 5.77. The van der Waals surface area contributed by atoms with Crippen LogP contribution in [0.5, 0.6) is 0 Å². The maximum absolute atomic E-state index is 12.8. The van der Waals surface area contributed by atoms with Crippen molar-refractivity contribution >= 4 is 11.7 Å². The topological polar surface area (TPSA) is 54.3 Å². The maximum atomic E-state index is 12.8. The van der Waals surface area contributed by atoms with Crippen molar-refractivity contribution in [1.82, 2.24) is 19.7 Å². The lowest BCUT2D eigenvalue weighted by Crippen LogP contribution is -2.30. The number of hydrogen-bond acceptors (Lipinski definition) is 4. The quantitative estimate of drug-likeness (QED) is 0.838. The minimum absolute atomic E-state index is 0.171. The lowest BCUT2D eigenvalue weighted by atomic mass is 10.0. The Balaban J connectivity index is 1.69. The summed E-state index contributed by atoms with van der Waals surface area (Å²) in [6.45, 7) is 2.89. The van der Waals surface area contributed by atoms with Crippen molar-refractivity contribution in [2.24, 2.45) is 7.05 Å². The molecule has 0 N–H and O–H groups in total. The van der Waals surface area contributed by atoms with Crippen molar-refractivity contribution in [3.8, 4) is 0 Å². The molecule has 0 spiro atoms. The molecule has 1 fully saturated rings. The van der Waals surface area contributed by atoms with Crippen molar-refractivity contribution in [2.75, 3.05) is 25.5 Å². The van der Waals surface area contributed by atoms with Crippen LogP contribution in [0.3, 0.4) is 0 Å². The van der Waals surface area contributed by atoms with Gasteiger partial charge in [0.25, 0.3) is 0 Å². The van der Waals surface area contributed by atoms with Crippen molar-refractivity contribution in [3.05, 3.63) is 41.3 Å². The zero-order valence-electron chi connectivity index (χ0n) is 15.6. The molecular weight excluding hydrogens is 314 g/mol. The number of hydrogen-bond donors (Lipinski definition) is 0. The fourth-order valence-electron chi connectivity index (χ4n) is 3.47. The summed E-state index contributed by atoms with van der Waals surface area (Å²) in [4.78, 5) is 21.2. The Morgan fingerprint density at radius 2 is 2.20 bits per heavy atom. The molecule has 2 aromatic heterocycles. The monoisotopic (exact) mass is 341 g/mol. The van der Waals surface area contributed by atoms with E-state index >= 15 is 0 Å². The van der Waals surface area contributed by atoms with Crippen LogP contribution >= 0.6 is 0 Å². The van der Waals surface area contributed by atoms with Gasteiger partial charge in [-0.05, 0) is 49.4 Å². The summed E-state index contributed by atoms with van der Waals surface area (Å²) in [6, 6.07) is 4.31. The van der Waals surface area contributed by atoms with Gasteiger partial charge >= 0.3 is 0 Å². The zero-order valence-corrected chi connectivity index (χ0v) is 15.6. The Kier molecular flexibility index (Phi) is 5.06. The highest BCUT2D eigenvalue weighted by Gasteiger charge is 2.30. The fraction of sp³-hybridized carbons (Fsp3) is 0.526. The minimum atomic E-state index is 0.171. The molecular formula is C19H27N5O. The van der Waals surface area contributed by atoms with Crippen molar-refractivity contribution in [3.63, 3.8) is 0 Å².